The van der Waals surface area contributed by atoms with Gasteiger partial charge in [0.05, 0.1) is 4.90 Å². The van der Waals surface area contributed by atoms with Crippen LogP contribution in [0.4, 0.5) is 4.39 Å². The molecule has 2 aromatic carbocycles. The van der Waals surface area contributed by atoms with E-state index >= 15 is 0 Å². The lowest BCUT2D eigenvalue weighted by Crippen LogP contribution is -2.36. The molecule has 2 aromatic rings. The Morgan fingerprint density at radius 1 is 1.04 bits per heavy atom. The molecule has 0 aliphatic carbocycles. The molecule has 0 radical (unpaired) electrons. The summed E-state index contributed by atoms with van der Waals surface area (Å²) in [6, 6.07) is 10.4. The molecule has 4 rings (SSSR count). The van der Waals surface area contributed by atoms with E-state index in [4.69, 9.17) is 9.47 Å². The van der Waals surface area contributed by atoms with Crippen LogP contribution in [0.1, 0.15) is 24.4 Å². The lowest BCUT2D eigenvalue weighted by molar-refractivity contribution is 0.173. The first-order valence-electron chi connectivity index (χ1n) is 8.92. The first kappa shape index (κ1) is 18.2. The molecule has 0 bridgehead atoms. The van der Waals surface area contributed by atoms with Gasteiger partial charge in [0.1, 0.15) is 5.82 Å². The van der Waals surface area contributed by atoms with Gasteiger partial charge >= 0.3 is 0 Å². The van der Waals surface area contributed by atoms with E-state index in [-0.39, 0.29) is 24.3 Å². The molecule has 27 heavy (non-hydrogen) atoms. The van der Waals surface area contributed by atoms with Gasteiger partial charge in [-0.3, -0.25) is 4.90 Å². The zero-order valence-electron chi connectivity index (χ0n) is 14.7. The third-order valence-corrected chi connectivity index (χ3v) is 6.39. The average molecular weight is 392 g/mol. The highest BCUT2D eigenvalue weighted by Crippen LogP contribution is 2.36. The molecule has 1 atom stereocenters. The van der Waals surface area contributed by atoms with Crippen LogP contribution in [0.25, 0.3) is 0 Å². The van der Waals surface area contributed by atoms with Crippen molar-refractivity contribution in [2.45, 2.75) is 23.8 Å². The number of halogens is 1. The number of hydrogen-bond donors (Lipinski definition) is 1. The molecule has 144 valence electrons. The Labute approximate surface area is 157 Å². The van der Waals surface area contributed by atoms with Gasteiger partial charge in [-0.15, -0.1) is 0 Å². The molecule has 1 N–H and O–H groups in total. The molecule has 0 amide bonds. The molecule has 1 fully saturated rings. The van der Waals surface area contributed by atoms with E-state index in [0.29, 0.717) is 11.5 Å². The van der Waals surface area contributed by atoms with Gasteiger partial charge < -0.3 is 9.47 Å². The fourth-order valence-electron chi connectivity index (χ4n) is 3.52. The predicted molar refractivity (Wildman–Crippen MR) is 97.7 cm³/mol. The lowest BCUT2D eigenvalue weighted by atomic mass is 10.1. The zero-order valence-corrected chi connectivity index (χ0v) is 15.5. The minimum atomic E-state index is -3.72. The first-order chi connectivity index (χ1) is 13.0. The summed E-state index contributed by atoms with van der Waals surface area (Å²) in [5, 5.41) is 0. The minimum absolute atomic E-state index is 0.0507. The van der Waals surface area contributed by atoms with Crippen LogP contribution in [0.2, 0.25) is 0 Å². The molecule has 2 aliphatic rings. The monoisotopic (exact) mass is 392 g/mol. The molecule has 6 nitrogen and oxygen atoms in total. The maximum absolute atomic E-state index is 13.1. The highest BCUT2D eigenvalue weighted by molar-refractivity contribution is 7.89. The molecular weight excluding hydrogens is 371 g/mol. The van der Waals surface area contributed by atoms with E-state index in [9.17, 15) is 12.8 Å². The largest absolute Gasteiger partial charge is 0.454 e. The molecular formula is C19H21FN2O4S. The number of fused-ring (bicyclic) bond motifs is 1. The van der Waals surface area contributed by atoms with Crippen LogP contribution in [-0.4, -0.2) is 39.7 Å². The van der Waals surface area contributed by atoms with Crippen LogP contribution in [0.15, 0.2) is 47.4 Å². The molecule has 0 unspecified atom stereocenters. The van der Waals surface area contributed by atoms with Crippen molar-refractivity contribution < 1.29 is 22.3 Å². The normalized spacial score (nSPS) is 18.0. The third kappa shape index (κ3) is 3.92. The number of benzene rings is 2. The summed E-state index contributed by atoms with van der Waals surface area (Å²) >= 11 is 0. The van der Waals surface area contributed by atoms with E-state index in [1.165, 1.54) is 12.1 Å². The molecule has 2 heterocycles. The Kier molecular flexibility index (Phi) is 5.03. The number of hydrogen-bond acceptors (Lipinski definition) is 5. The summed E-state index contributed by atoms with van der Waals surface area (Å²) < 4.78 is 51.7. The van der Waals surface area contributed by atoms with Gasteiger partial charge in [-0.2, -0.15) is 0 Å². The van der Waals surface area contributed by atoms with E-state index in [1.807, 2.05) is 18.2 Å². The summed E-state index contributed by atoms with van der Waals surface area (Å²) in [5.74, 6) is 0.910. The first-order valence-corrected chi connectivity index (χ1v) is 10.4. The maximum atomic E-state index is 13.1. The van der Waals surface area contributed by atoms with E-state index < -0.39 is 15.8 Å². The summed E-state index contributed by atoms with van der Waals surface area (Å²) in [6.07, 6.45) is 2.18. The second-order valence-corrected chi connectivity index (χ2v) is 8.44. The van der Waals surface area contributed by atoms with E-state index in [0.717, 1.165) is 43.6 Å². The fraction of sp³-hybridized carbons (Fsp3) is 0.368. The second kappa shape index (κ2) is 7.46. The molecule has 0 saturated carbocycles. The van der Waals surface area contributed by atoms with Gasteiger partial charge in [0.2, 0.25) is 16.8 Å². The number of ether oxygens (including phenoxy) is 2. The van der Waals surface area contributed by atoms with Crippen molar-refractivity contribution >= 4 is 10.0 Å². The third-order valence-electron chi connectivity index (χ3n) is 4.95. The van der Waals surface area contributed by atoms with Crippen LogP contribution < -0.4 is 14.2 Å². The van der Waals surface area contributed by atoms with Crippen molar-refractivity contribution in [3.63, 3.8) is 0 Å². The average Bonchev–Trinajstić information content (AvgIpc) is 3.33. The molecule has 1 saturated heterocycles. The van der Waals surface area contributed by atoms with Crippen molar-refractivity contribution in [1.29, 1.82) is 0 Å². The number of rotatable bonds is 6. The highest BCUT2D eigenvalue weighted by atomic mass is 32.2. The molecule has 8 heteroatoms. The molecule has 0 aromatic heterocycles. The Bertz CT molecular complexity index is 912. The Morgan fingerprint density at radius 2 is 1.74 bits per heavy atom. The molecule has 0 spiro atoms. The Hall–Kier alpha value is -2.16. The van der Waals surface area contributed by atoms with Crippen LogP contribution in [0.5, 0.6) is 11.5 Å². The van der Waals surface area contributed by atoms with Crippen molar-refractivity contribution in [1.82, 2.24) is 9.62 Å². The zero-order chi connectivity index (χ0) is 18.9. The Balaban J connectivity index is 1.55. The number of likely N-dealkylation sites (tertiary alicyclic amines) is 1. The summed E-state index contributed by atoms with van der Waals surface area (Å²) in [5.41, 5.74) is 0.975. The summed E-state index contributed by atoms with van der Waals surface area (Å²) in [7, 11) is -3.72. The lowest BCUT2D eigenvalue weighted by Gasteiger charge is -2.28. The number of nitrogens with one attached hydrogen (secondary N) is 1. The van der Waals surface area contributed by atoms with Crippen LogP contribution in [-0.2, 0) is 10.0 Å². The smallest absolute Gasteiger partial charge is 0.240 e. The number of nitrogens with zero attached hydrogens (tertiary/aromatic N) is 1. The SMILES string of the molecule is O=S(=O)(NC[C@@H](c1ccc2c(c1)OCO2)N1CCCC1)c1ccc(F)cc1. The summed E-state index contributed by atoms with van der Waals surface area (Å²) in [6.45, 7) is 2.25. The summed E-state index contributed by atoms with van der Waals surface area (Å²) in [4.78, 5) is 2.32. The van der Waals surface area contributed by atoms with Gasteiger partial charge in [0.15, 0.2) is 11.5 Å². The quantitative estimate of drug-likeness (QED) is 0.819. The second-order valence-electron chi connectivity index (χ2n) is 6.68. The van der Waals surface area contributed by atoms with E-state index in [1.54, 1.807) is 0 Å². The van der Waals surface area contributed by atoms with E-state index in [2.05, 4.69) is 9.62 Å². The van der Waals surface area contributed by atoms with Crippen LogP contribution in [0, 0.1) is 5.82 Å². The maximum Gasteiger partial charge on any atom is 0.240 e. The van der Waals surface area contributed by atoms with Crippen molar-refractivity contribution in [2.75, 3.05) is 26.4 Å². The van der Waals surface area contributed by atoms with Gasteiger partial charge in [0, 0.05) is 12.6 Å². The van der Waals surface area contributed by atoms with Gasteiger partial charge in [-0.25, -0.2) is 17.5 Å². The Morgan fingerprint density at radius 3 is 2.48 bits per heavy atom. The minimum Gasteiger partial charge on any atom is -0.454 e. The highest BCUT2D eigenvalue weighted by Gasteiger charge is 2.27. The van der Waals surface area contributed by atoms with Gasteiger partial charge in [-0.1, -0.05) is 6.07 Å². The fourth-order valence-corrected chi connectivity index (χ4v) is 4.56. The topological polar surface area (TPSA) is 67.9 Å². The van der Waals surface area contributed by atoms with Crippen molar-refractivity contribution in [3.8, 4) is 11.5 Å². The predicted octanol–water partition coefficient (Wildman–Crippen LogP) is 2.67. The van der Waals surface area contributed by atoms with Crippen LogP contribution >= 0.6 is 0 Å². The van der Waals surface area contributed by atoms with Crippen molar-refractivity contribution in [3.05, 3.63) is 53.8 Å². The number of sulfonamides is 1. The van der Waals surface area contributed by atoms with Gasteiger partial charge in [0.25, 0.3) is 0 Å². The standard InChI is InChI=1S/C19H21FN2O4S/c20-15-4-6-16(7-5-15)27(23,24)21-12-17(22-9-1-2-10-22)14-3-8-18-19(11-14)26-13-25-18/h3-8,11,17,21H,1-2,9-10,12-13H2/t17-/m0/s1. The van der Waals surface area contributed by atoms with Crippen molar-refractivity contribution in [2.24, 2.45) is 0 Å². The molecule has 2 aliphatic heterocycles. The van der Waals surface area contributed by atoms with Crippen LogP contribution in [0.3, 0.4) is 0 Å². The van der Waals surface area contributed by atoms with Gasteiger partial charge in [-0.05, 0) is 67.9 Å².